The fraction of sp³-hybridized carbons (Fsp3) is 0.222. The second-order valence-corrected chi connectivity index (χ2v) is 8.79. The lowest BCUT2D eigenvalue weighted by molar-refractivity contribution is 0.0694. The summed E-state index contributed by atoms with van der Waals surface area (Å²) in [5, 5.41) is 9.76. The fourth-order valence-electron chi connectivity index (χ4n) is 3.46. The Labute approximate surface area is 166 Å². The number of hydrogen-bond donors (Lipinski definition) is 1. The van der Waals surface area contributed by atoms with E-state index in [0.29, 0.717) is 17.9 Å². The summed E-state index contributed by atoms with van der Waals surface area (Å²) >= 11 is 6.45. The number of carboxylic acid groups (broad SMARTS) is 1. The fourth-order valence-corrected chi connectivity index (χ4v) is 5.22. The van der Waals surface area contributed by atoms with Crippen molar-refractivity contribution in [1.29, 1.82) is 0 Å². The van der Waals surface area contributed by atoms with Crippen LogP contribution in [-0.2, 0) is 30.2 Å². The number of nitrogens with zero attached hydrogens (tertiary/aromatic N) is 4. The van der Waals surface area contributed by atoms with Gasteiger partial charge in [0.25, 0.3) is 10.0 Å². The minimum Gasteiger partial charge on any atom is -0.478 e. The van der Waals surface area contributed by atoms with Crippen molar-refractivity contribution < 1.29 is 18.3 Å². The number of hydrogen-bond acceptors (Lipinski definition) is 4. The number of carbonyl (C=O) groups is 1. The monoisotopic (exact) mass is 420 g/mol. The Kier molecular flexibility index (Phi) is 4.53. The van der Waals surface area contributed by atoms with Crippen LogP contribution in [0, 0.1) is 0 Å². The van der Waals surface area contributed by atoms with Gasteiger partial charge >= 0.3 is 5.97 Å². The van der Waals surface area contributed by atoms with Crippen LogP contribution in [-0.4, -0.2) is 44.5 Å². The third-order valence-corrected chi connectivity index (χ3v) is 6.86. The van der Waals surface area contributed by atoms with Crippen molar-refractivity contribution in [1.82, 2.24) is 18.4 Å². The van der Waals surface area contributed by atoms with Gasteiger partial charge < -0.3 is 14.2 Å². The zero-order valence-electron chi connectivity index (χ0n) is 14.9. The Balaban J connectivity index is 1.82. The predicted molar refractivity (Wildman–Crippen MR) is 103 cm³/mol. The maximum Gasteiger partial charge on any atom is 0.339 e. The van der Waals surface area contributed by atoms with Crippen LogP contribution in [0.25, 0.3) is 11.3 Å². The van der Waals surface area contributed by atoms with E-state index in [0.717, 1.165) is 5.56 Å². The summed E-state index contributed by atoms with van der Waals surface area (Å²) in [6.45, 7) is 0.390. The Bertz CT molecular complexity index is 1170. The quantitative estimate of drug-likeness (QED) is 0.699. The number of aromatic carboxylic acids is 1. The molecule has 0 radical (unpaired) electrons. The van der Waals surface area contributed by atoms with E-state index in [4.69, 9.17) is 11.6 Å². The Hall–Kier alpha value is -2.62. The van der Waals surface area contributed by atoms with Crippen molar-refractivity contribution in [2.45, 2.75) is 18.1 Å². The number of benzene rings is 1. The maximum atomic E-state index is 12.9. The molecule has 0 unspecified atom stereocenters. The van der Waals surface area contributed by atoms with E-state index in [1.54, 1.807) is 16.2 Å². The minimum absolute atomic E-state index is 0.0681. The van der Waals surface area contributed by atoms with Crippen molar-refractivity contribution in [3.05, 3.63) is 59.1 Å². The van der Waals surface area contributed by atoms with Gasteiger partial charge in [0.15, 0.2) is 5.03 Å². The first-order valence-electron chi connectivity index (χ1n) is 8.48. The predicted octanol–water partition coefficient (Wildman–Crippen LogP) is 2.44. The van der Waals surface area contributed by atoms with Gasteiger partial charge in [-0.3, -0.25) is 0 Å². The highest BCUT2D eigenvalue weighted by Gasteiger charge is 2.36. The van der Waals surface area contributed by atoms with Crippen molar-refractivity contribution in [3.8, 4) is 11.3 Å². The lowest BCUT2D eigenvalue weighted by Crippen LogP contribution is -2.39. The summed E-state index contributed by atoms with van der Waals surface area (Å²) < 4.78 is 30.4. The van der Waals surface area contributed by atoms with Gasteiger partial charge in [-0.2, -0.15) is 4.31 Å². The molecule has 1 N–H and O–H groups in total. The van der Waals surface area contributed by atoms with Crippen LogP contribution in [0.5, 0.6) is 0 Å². The zero-order valence-corrected chi connectivity index (χ0v) is 16.5. The average Bonchev–Trinajstić information content (AvgIpc) is 3.22. The molecule has 10 heteroatoms. The summed E-state index contributed by atoms with van der Waals surface area (Å²) in [5.41, 5.74) is 1.66. The van der Waals surface area contributed by atoms with Gasteiger partial charge in [-0.05, 0) is 5.56 Å². The molecule has 0 saturated carbocycles. The highest BCUT2D eigenvalue weighted by atomic mass is 35.5. The van der Waals surface area contributed by atoms with Crippen LogP contribution in [0.4, 0.5) is 0 Å². The average molecular weight is 421 g/mol. The molecule has 0 saturated heterocycles. The first kappa shape index (κ1) is 18.7. The molecule has 146 valence electrons. The van der Waals surface area contributed by atoms with Crippen molar-refractivity contribution >= 4 is 27.6 Å². The molecule has 0 atom stereocenters. The van der Waals surface area contributed by atoms with E-state index in [-0.39, 0.29) is 28.7 Å². The van der Waals surface area contributed by atoms with E-state index in [1.807, 2.05) is 30.3 Å². The molecule has 4 rings (SSSR count). The zero-order chi connectivity index (χ0) is 20.1. The minimum atomic E-state index is -3.84. The normalized spacial score (nSPS) is 14.8. The van der Waals surface area contributed by atoms with Gasteiger partial charge in [0.1, 0.15) is 5.56 Å². The van der Waals surface area contributed by atoms with Gasteiger partial charge in [-0.15, -0.1) is 0 Å². The van der Waals surface area contributed by atoms with Crippen molar-refractivity contribution in [2.75, 3.05) is 6.54 Å². The van der Waals surface area contributed by atoms with E-state index in [2.05, 4.69) is 4.98 Å². The van der Waals surface area contributed by atoms with Crippen LogP contribution in [0.2, 0.25) is 5.02 Å². The number of carboxylic acids is 1. The third-order valence-electron chi connectivity index (χ3n) is 4.76. The molecule has 1 aromatic carbocycles. The molecule has 8 nitrogen and oxygen atoms in total. The van der Waals surface area contributed by atoms with Crippen LogP contribution >= 0.6 is 11.6 Å². The van der Waals surface area contributed by atoms with Gasteiger partial charge in [0.05, 0.1) is 23.6 Å². The molecule has 0 aliphatic carbocycles. The van der Waals surface area contributed by atoms with Gasteiger partial charge in [-0.1, -0.05) is 41.9 Å². The largest absolute Gasteiger partial charge is 0.478 e. The number of sulfonamides is 1. The number of aromatic nitrogens is 3. The smallest absolute Gasteiger partial charge is 0.339 e. The van der Waals surface area contributed by atoms with E-state index in [9.17, 15) is 18.3 Å². The number of aryl methyl sites for hydroxylation is 1. The number of rotatable bonds is 4. The highest BCUT2D eigenvalue weighted by molar-refractivity contribution is 7.89. The van der Waals surface area contributed by atoms with Crippen LogP contribution in [0.1, 0.15) is 16.1 Å². The Morgan fingerprint density at radius 1 is 1.21 bits per heavy atom. The molecule has 2 aromatic heterocycles. The molecule has 0 amide bonds. The lowest BCUT2D eigenvalue weighted by Gasteiger charge is -2.28. The van der Waals surface area contributed by atoms with E-state index in [1.165, 1.54) is 16.8 Å². The standard InChI is InChI=1S/C18H17ClN4O4S/c1-21-10-14(20-11-21)28(26,27)22-7-8-23-13(9-22)15(18(24)25)16(19)17(23)12-5-3-2-4-6-12/h2-6,10-11H,7-9H2,1H3,(H,24,25). The van der Waals surface area contributed by atoms with Crippen LogP contribution < -0.4 is 0 Å². The van der Waals surface area contributed by atoms with Crippen molar-refractivity contribution in [2.24, 2.45) is 7.05 Å². The molecule has 0 bridgehead atoms. The van der Waals surface area contributed by atoms with Gasteiger partial charge in [-0.25, -0.2) is 18.2 Å². The Morgan fingerprint density at radius 3 is 2.54 bits per heavy atom. The molecule has 28 heavy (non-hydrogen) atoms. The number of halogens is 1. The molecule has 0 fully saturated rings. The summed E-state index contributed by atoms with van der Waals surface area (Å²) in [7, 11) is -2.16. The Morgan fingerprint density at radius 2 is 1.93 bits per heavy atom. The summed E-state index contributed by atoms with van der Waals surface area (Å²) in [5.74, 6) is -1.19. The lowest BCUT2D eigenvalue weighted by atomic mass is 10.1. The molecule has 3 aromatic rings. The first-order valence-corrected chi connectivity index (χ1v) is 10.3. The highest BCUT2D eigenvalue weighted by Crippen LogP contribution is 2.38. The van der Waals surface area contributed by atoms with E-state index >= 15 is 0 Å². The maximum absolute atomic E-state index is 12.9. The third kappa shape index (κ3) is 2.92. The van der Waals surface area contributed by atoms with Gasteiger partial charge in [0, 0.05) is 32.0 Å². The van der Waals surface area contributed by atoms with E-state index < -0.39 is 16.0 Å². The molecular formula is C18H17ClN4O4S. The second kappa shape index (κ2) is 6.77. The topological polar surface area (TPSA) is 97.4 Å². The molecule has 3 heterocycles. The number of fused-ring (bicyclic) bond motifs is 1. The summed E-state index contributed by atoms with van der Waals surface area (Å²) in [6, 6.07) is 9.23. The second-order valence-electron chi connectivity index (χ2n) is 6.52. The molecule has 0 spiro atoms. The van der Waals surface area contributed by atoms with Crippen LogP contribution in [0.15, 0.2) is 47.9 Å². The van der Waals surface area contributed by atoms with Crippen LogP contribution in [0.3, 0.4) is 0 Å². The number of imidazole rings is 1. The van der Waals surface area contributed by atoms with Crippen molar-refractivity contribution in [3.63, 3.8) is 0 Å². The molecular weight excluding hydrogens is 404 g/mol. The summed E-state index contributed by atoms with van der Waals surface area (Å²) in [6.07, 6.45) is 2.83. The molecule has 1 aliphatic rings. The van der Waals surface area contributed by atoms with Gasteiger partial charge in [0.2, 0.25) is 0 Å². The molecule has 1 aliphatic heterocycles. The SMILES string of the molecule is Cn1cnc(S(=O)(=O)N2CCn3c(c(C(=O)O)c(Cl)c3-c3ccccc3)C2)c1. The summed E-state index contributed by atoms with van der Waals surface area (Å²) in [4.78, 5) is 15.8. The first-order chi connectivity index (χ1) is 13.3.